The Morgan fingerprint density at radius 3 is 2.33 bits per heavy atom. The van der Waals surface area contributed by atoms with Crippen LogP contribution in [0.1, 0.15) is 44.9 Å². The minimum Gasteiger partial charge on any atom is -0.313 e. The van der Waals surface area contributed by atoms with Crippen molar-refractivity contribution in [2.24, 2.45) is 0 Å². The second-order valence-electron chi connectivity index (χ2n) is 5.44. The highest BCUT2D eigenvalue weighted by atomic mass is 32.2. The molecule has 5 nitrogen and oxygen atoms in total. The van der Waals surface area contributed by atoms with E-state index in [4.69, 9.17) is 0 Å². The molecule has 2 aliphatic rings. The van der Waals surface area contributed by atoms with Crippen LogP contribution < -0.4 is 10.0 Å². The molecule has 2 aliphatic carbocycles. The van der Waals surface area contributed by atoms with Gasteiger partial charge in [0.25, 0.3) is 10.2 Å². The highest BCUT2D eigenvalue weighted by Crippen LogP contribution is 2.22. The maximum Gasteiger partial charge on any atom is 0.279 e. The van der Waals surface area contributed by atoms with Gasteiger partial charge in [-0.1, -0.05) is 19.3 Å². The molecule has 2 N–H and O–H groups in total. The summed E-state index contributed by atoms with van der Waals surface area (Å²) in [6.45, 7) is 1.21. The highest BCUT2D eigenvalue weighted by molar-refractivity contribution is 7.87. The molecule has 0 aromatic heterocycles. The molecule has 0 spiro atoms. The summed E-state index contributed by atoms with van der Waals surface area (Å²) in [5, 5.41) is 3.30. The van der Waals surface area contributed by atoms with E-state index in [-0.39, 0.29) is 6.04 Å². The lowest BCUT2D eigenvalue weighted by molar-refractivity contribution is 0.283. The number of rotatable bonds is 7. The molecule has 2 saturated carbocycles. The van der Waals surface area contributed by atoms with Gasteiger partial charge in [-0.05, 0) is 25.7 Å². The van der Waals surface area contributed by atoms with Crippen LogP contribution in [0.3, 0.4) is 0 Å². The highest BCUT2D eigenvalue weighted by Gasteiger charge is 2.27. The summed E-state index contributed by atoms with van der Waals surface area (Å²) in [7, 11) is -1.59. The van der Waals surface area contributed by atoms with Gasteiger partial charge < -0.3 is 5.32 Å². The van der Waals surface area contributed by atoms with Crippen molar-refractivity contribution < 1.29 is 8.42 Å². The van der Waals surface area contributed by atoms with E-state index in [2.05, 4.69) is 10.0 Å². The zero-order valence-corrected chi connectivity index (χ0v) is 12.0. The van der Waals surface area contributed by atoms with E-state index in [0.29, 0.717) is 12.6 Å². The molecule has 0 unspecified atom stereocenters. The molecule has 0 radical (unpaired) electrons. The van der Waals surface area contributed by atoms with Gasteiger partial charge in [0.2, 0.25) is 0 Å². The lowest BCUT2D eigenvalue weighted by Crippen LogP contribution is -2.46. The van der Waals surface area contributed by atoms with Crippen LogP contribution in [-0.2, 0) is 10.2 Å². The Balaban J connectivity index is 1.72. The Hall–Kier alpha value is -0.170. The van der Waals surface area contributed by atoms with Gasteiger partial charge in [0.05, 0.1) is 0 Å². The Morgan fingerprint density at radius 2 is 1.72 bits per heavy atom. The lowest BCUT2D eigenvalue weighted by atomic mass is 9.96. The molecule has 18 heavy (non-hydrogen) atoms. The van der Waals surface area contributed by atoms with Gasteiger partial charge in [-0.2, -0.15) is 12.7 Å². The standard InChI is InChI=1S/C12H25N3O2S/c1-15(12-5-3-2-4-6-12)18(16,17)14-10-9-13-11-7-8-11/h11-14H,2-10H2,1H3. The number of nitrogens with one attached hydrogen (secondary N) is 2. The zero-order valence-electron chi connectivity index (χ0n) is 11.2. The average Bonchev–Trinajstić information content (AvgIpc) is 3.19. The Kier molecular flexibility index (Phi) is 5.00. The van der Waals surface area contributed by atoms with Gasteiger partial charge >= 0.3 is 0 Å². The molecule has 0 atom stereocenters. The minimum absolute atomic E-state index is 0.188. The molecule has 0 aromatic carbocycles. The first-order valence-corrected chi connectivity index (χ1v) is 8.49. The van der Waals surface area contributed by atoms with Crippen molar-refractivity contribution in [1.29, 1.82) is 0 Å². The van der Waals surface area contributed by atoms with E-state index >= 15 is 0 Å². The normalized spacial score (nSPS) is 22.6. The maximum atomic E-state index is 12.1. The molecule has 106 valence electrons. The van der Waals surface area contributed by atoms with Crippen LogP contribution in [0.2, 0.25) is 0 Å². The van der Waals surface area contributed by atoms with E-state index in [0.717, 1.165) is 32.2 Å². The van der Waals surface area contributed by atoms with Crippen LogP contribution in [-0.4, -0.2) is 44.9 Å². The van der Waals surface area contributed by atoms with Gasteiger partial charge in [-0.15, -0.1) is 0 Å². The fourth-order valence-corrected chi connectivity index (χ4v) is 3.65. The summed E-state index contributed by atoms with van der Waals surface area (Å²) in [5.41, 5.74) is 0. The summed E-state index contributed by atoms with van der Waals surface area (Å²) in [6, 6.07) is 0.818. The van der Waals surface area contributed by atoms with Gasteiger partial charge in [-0.3, -0.25) is 0 Å². The van der Waals surface area contributed by atoms with E-state index < -0.39 is 10.2 Å². The SMILES string of the molecule is CN(C1CCCCC1)S(=O)(=O)NCCNC1CC1. The fraction of sp³-hybridized carbons (Fsp3) is 1.00. The second kappa shape index (κ2) is 6.32. The first kappa shape index (κ1) is 14.2. The molecule has 2 rings (SSSR count). The molecule has 0 bridgehead atoms. The van der Waals surface area contributed by atoms with Crippen LogP contribution in [0.5, 0.6) is 0 Å². The zero-order chi connectivity index (χ0) is 13.0. The largest absolute Gasteiger partial charge is 0.313 e. The molecule has 0 saturated heterocycles. The van der Waals surface area contributed by atoms with Crippen molar-refractivity contribution in [2.45, 2.75) is 57.0 Å². The lowest BCUT2D eigenvalue weighted by Gasteiger charge is -2.30. The average molecular weight is 275 g/mol. The molecule has 6 heteroatoms. The van der Waals surface area contributed by atoms with Crippen molar-refractivity contribution >= 4 is 10.2 Å². The Labute approximate surface area is 110 Å². The predicted octanol–water partition coefficient (Wildman–Crippen LogP) is 0.837. The Morgan fingerprint density at radius 1 is 1.06 bits per heavy atom. The molecule has 2 fully saturated rings. The van der Waals surface area contributed by atoms with Gasteiger partial charge in [-0.25, -0.2) is 4.72 Å². The van der Waals surface area contributed by atoms with Crippen LogP contribution >= 0.6 is 0 Å². The van der Waals surface area contributed by atoms with Crippen LogP contribution in [0.25, 0.3) is 0 Å². The number of nitrogens with zero attached hydrogens (tertiary/aromatic N) is 1. The van der Waals surface area contributed by atoms with Crippen LogP contribution in [0.15, 0.2) is 0 Å². The smallest absolute Gasteiger partial charge is 0.279 e. The first-order valence-electron chi connectivity index (χ1n) is 7.05. The first-order chi connectivity index (χ1) is 8.59. The monoisotopic (exact) mass is 275 g/mol. The number of hydrogen-bond acceptors (Lipinski definition) is 3. The molecular weight excluding hydrogens is 250 g/mol. The van der Waals surface area contributed by atoms with Crippen molar-refractivity contribution in [2.75, 3.05) is 20.1 Å². The summed E-state index contributed by atoms with van der Waals surface area (Å²) in [4.78, 5) is 0. The summed E-state index contributed by atoms with van der Waals surface area (Å²) in [6.07, 6.45) is 7.99. The summed E-state index contributed by atoms with van der Waals surface area (Å²) >= 11 is 0. The maximum absolute atomic E-state index is 12.1. The van der Waals surface area contributed by atoms with Crippen LogP contribution in [0, 0.1) is 0 Å². The number of hydrogen-bond donors (Lipinski definition) is 2. The van der Waals surface area contributed by atoms with Gasteiger partial charge in [0.15, 0.2) is 0 Å². The topological polar surface area (TPSA) is 61.4 Å². The van der Waals surface area contributed by atoms with Crippen molar-refractivity contribution in [1.82, 2.24) is 14.3 Å². The van der Waals surface area contributed by atoms with E-state index in [1.807, 2.05) is 0 Å². The minimum atomic E-state index is -3.29. The van der Waals surface area contributed by atoms with Gasteiger partial charge in [0.1, 0.15) is 0 Å². The van der Waals surface area contributed by atoms with Crippen LogP contribution in [0.4, 0.5) is 0 Å². The van der Waals surface area contributed by atoms with Crippen molar-refractivity contribution in [3.8, 4) is 0 Å². The molecule has 0 aromatic rings. The fourth-order valence-electron chi connectivity index (χ4n) is 2.49. The third-order valence-corrected chi connectivity index (χ3v) is 5.51. The molecule has 0 heterocycles. The van der Waals surface area contributed by atoms with E-state index in [1.54, 1.807) is 7.05 Å². The second-order valence-corrected chi connectivity index (χ2v) is 7.25. The summed E-state index contributed by atoms with van der Waals surface area (Å²) < 4.78 is 28.4. The third-order valence-electron chi connectivity index (χ3n) is 3.89. The van der Waals surface area contributed by atoms with E-state index in [9.17, 15) is 8.42 Å². The summed E-state index contributed by atoms with van der Waals surface area (Å²) in [5.74, 6) is 0. The molecule has 0 aliphatic heterocycles. The Bertz CT molecular complexity index is 348. The van der Waals surface area contributed by atoms with Crippen molar-refractivity contribution in [3.63, 3.8) is 0 Å². The molecule has 0 amide bonds. The van der Waals surface area contributed by atoms with Gasteiger partial charge in [0, 0.05) is 32.2 Å². The van der Waals surface area contributed by atoms with Crippen molar-refractivity contribution in [3.05, 3.63) is 0 Å². The predicted molar refractivity (Wildman–Crippen MR) is 72.6 cm³/mol. The third kappa shape index (κ3) is 4.19. The van der Waals surface area contributed by atoms with E-state index in [1.165, 1.54) is 23.6 Å². The molecular formula is C12H25N3O2S. The quantitative estimate of drug-likeness (QED) is 0.677.